The van der Waals surface area contributed by atoms with Crippen LogP contribution in [0.15, 0.2) is 89.0 Å². The summed E-state index contributed by atoms with van der Waals surface area (Å²) in [6.07, 6.45) is 2.29. The van der Waals surface area contributed by atoms with E-state index in [-0.39, 0.29) is 17.7 Å². The van der Waals surface area contributed by atoms with E-state index in [1.807, 2.05) is 18.2 Å². The van der Waals surface area contributed by atoms with Crippen LogP contribution >= 0.6 is 15.9 Å². The van der Waals surface area contributed by atoms with E-state index in [2.05, 4.69) is 96.8 Å². The molecule has 4 nitrogen and oxygen atoms in total. The summed E-state index contributed by atoms with van der Waals surface area (Å²) in [6, 6.07) is 23.2. The third kappa shape index (κ3) is 4.37. The van der Waals surface area contributed by atoms with Crippen molar-refractivity contribution in [2.45, 2.75) is 44.9 Å². The summed E-state index contributed by atoms with van der Waals surface area (Å²) < 4.78 is 13.2. The second-order valence-corrected chi connectivity index (χ2v) is 10.7. The molecular formula is C29H29BrN2O2. The van der Waals surface area contributed by atoms with Gasteiger partial charge in [-0.2, -0.15) is 5.10 Å². The van der Waals surface area contributed by atoms with Crippen molar-refractivity contribution in [2.24, 2.45) is 5.10 Å². The fourth-order valence-electron chi connectivity index (χ4n) is 4.50. The second-order valence-electron chi connectivity index (χ2n) is 9.80. The maximum absolute atomic E-state index is 6.53. The molecule has 0 aliphatic carbocycles. The molecule has 174 valence electrons. The summed E-state index contributed by atoms with van der Waals surface area (Å²) in [4.78, 5) is 0. The van der Waals surface area contributed by atoms with Crippen molar-refractivity contribution in [1.29, 1.82) is 0 Å². The number of hydrazone groups is 1. The summed E-state index contributed by atoms with van der Waals surface area (Å²) in [5.41, 5.74) is 5.81. The Balaban J connectivity index is 1.50. The number of benzene rings is 3. The van der Waals surface area contributed by atoms with Crippen LogP contribution < -0.4 is 9.47 Å². The van der Waals surface area contributed by atoms with Gasteiger partial charge in [0.25, 0.3) is 0 Å². The van der Waals surface area contributed by atoms with Crippen molar-refractivity contribution in [3.8, 4) is 11.5 Å². The molecule has 0 amide bonds. The lowest BCUT2D eigenvalue weighted by Crippen LogP contribution is -2.33. The van der Waals surface area contributed by atoms with Gasteiger partial charge in [0.1, 0.15) is 18.1 Å². The number of fused-ring (bicyclic) bond motifs is 3. The molecule has 5 rings (SSSR count). The fraction of sp³-hybridized carbons (Fsp3) is 0.276. The van der Waals surface area contributed by atoms with Crippen LogP contribution in [-0.4, -0.2) is 17.3 Å². The van der Waals surface area contributed by atoms with Gasteiger partial charge in [-0.15, -0.1) is 0 Å². The topological polar surface area (TPSA) is 34.1 Å². The zero-order valence-corrected chi connectivity index (χ0v) is 21.4. The lowest BCUT2D eigenvalue weighted by molar-refractivity contribution is -0.0191. The summed E-state index contributed by atoms with van der Waals surface area (Å²) in [5.74, 6) is 1.74. The molecule has 5 heteroatoms. The van der Waals surface area contributed by atoms with Crippen LogP contribution in [0.25, 0.3) is 0 Å². The van der Waals surface area contributed by atoms with Crippen LogP contribution in [0, 0.1) is 0 Å². The van der Waals surface area contributed by atoms with E-state index < -0.39 is 0 Å². The minimum atomic E-state index is -0.277. The highest BCUT2D eigenvalue weighted by atomic mass is 79.9. The molecule has 3 aromatic rings. The first-order valence-corrected chi connectivity index (χ1v) is 12.4. The third-order valence-corrected chi connectivity index (χ3v) is 6.86. The normalized spacial score (nSPS) is 19.1. The summed E-state index contributed by atoms with van der Waals surface area (Å²) in [6.45, 7) is 10.9. The van der Waals surface area contributed by atoms with Gasteiger partial charge in [-0.05, 0) is 59.0 Å². The summed E-state index contributed by atoms with van der Waals surface area (Å²) in [7, 11) is 0. The van der Waals surface area contributed by atoms with Crippen molar-refractivity contribution in [2.75, 3.05) is 6.61 Å². The van der Waals surface area contributed by atoms with Crippen LogP contribution in [-0.2, 0) is 5.41 Å². The van der Waals surface area contributed by atoms with Gasteiger partial charge in [0.2, 0.25) is 6.23 Å². The molecule has 0 fully saturated rings. The van der Waals surface area contributed by atoms with Crippen LogP contribution in [0.4, 0.5) is 0 Å². The van der Waals surface area contributed by atoms with Gasteiger partial charge in [0.05, 0.1) is 11.8 Å². The van der Waals surface area contributed by atoms with Crippen LogP contribution in [0.1, 0.15) is 61.7 Å². The molecule has 2 aliphatic rings. The fourth-order valence-corrected chi connectivity index (χ4v) is 4.88. The molecule has 0 radical (unpaired) electrons. The van der Waals surface area contributed by atoms with Gasteiger partial charge >= 0.3 is 0 Å². The predicted octanol–water partition coefficient (Wildman–Crippen LogP) is 7.55. The smallest absolute Gasteiger partial charge is 0.213 e. The van der Waals surface area contributed by atoms with E-state index in [0.29, 0.717) is 6.61 Å². The Bertz CT molecular complexity index is 1230. The number of hydrogen-bond donors (Lipinski definition) is 0. The van der Waals surface area contributed by atoms with Crippen molar-refractivity contribution < 1.29 is 9.47 Å². The van der Waals surface area contributed by atoms with E-state index in [0.717, 1.165) is 44.8 Å². The Morgan fingerprint density at radius 2 is 1.82 bits per heavy atom. The predicted molar refractivity (Wildman–Crippen MR) is 141 cm³/mol. The Morgan fingerprint density at radius 3 is 2.50 bits per heavy atom. The summed E-state index contributed by atoms with van der Waals surface area (Å²) >= 11 is 3.63. The van der Waals surface area contributed by atoms with Crippen LogP contribution in [0.5, 0.6) is 11.5 Å². The molecule has 2 aliphatic heterocycles. The number of rotatable bonds is 5. The Morgan fingerprint density at radius 1 is 1.09 bits per heavy atom. The molecule has 0 saturated carbocycles. The van der Waals surface area contributed by atoms with E-state index in [4.69, 9.17) is 14.6 Å². The Hall–Kier alpha value is -3.05. The lowest BCUT2D eigenvalue weighted by atomic mass is 9.86. The van der Waals surface area contributed by atoms with Crippen LogP contribution in [0.3, 0.4) is 0 Å². The molecule has 0 N–H and O–H groups in total. The number of halogens is 1. The van der Waals surface area contributed by atoms with Crippen molar-refractivity contribution in [1.82, 2.24) is 5.01 Å². The maximum Gasteiger partial charge on any atom is 0.213 e. The Kier molecular flexibility index (Phi) is 5.98. The minimum absolute atomic E-state index is 0.105. The first kappa shape index (κ1) is 22.7. The monoisotopic (exact) mass is 516 g/mol. The van der Waals surface area contributed by atoms with E-state index in [1.54, 1.807) is 6.08 Å². The Labute approximate surface area is 210 Å². The van der Waals surface area contributed by atoms with Gasteiger partial charge in [-0.3, -0.25) is 0 Å². The van der Waals surface area contributed by atoms with Crippen molar-refractivity contribution in [3.63, 3.8) is 0 Å². The highest BCUT2D eigenvalue weighted by Crippen LogP contribution is 2.48. The van der Waals surface area contributed by atoms with Crippen molar-refractivity contribution in [3.05, 3.63) is 106 Å². The molecule has 2 atom stereocenters. The van der Waals surface area contributed by atoms with Crippen molar-refractivity contribution >= 4 is 21.6 Å². The average Bonchev–Trinajstić information content (AvgIpc) is 3.28. The van der Waals surface area contributed by atoms with E-state index >= 15 is 0 Å². The highest BCUT2D eigenvalue weighted by molar-refractivity contribution is 9.10. The molecule has 3 aromatic carbocycles. The van der Waals surface area contributed by atoms with Gasteiger partial charge in [-0.1, -0.05) is 73.6 Å². The molecular weight excluding hydrogens is 488 g/mol. The lowest BCUT2D eigenvalue weighted by Gasteiger charge is -2.38. The molecule has 0 saturated heterocycles. The molecule has 0 aromatic heterocycles. The maximum atomic E-state index is 6.53. The van der Waals surface area contributed by atoms with Gasteiger partial charge in [-0.25, -0.2) is 5.01 Å². The third-order valence-electron chi connectivity index (χ3n) is 6.37. The number of ether oxygens (including phenoxy) is 2. The zero-order chi connectivity index (χ0) is 23.9. The second kappa shape index (κ2) is 8.95. The zero-order valence-electron chi connectivity index (χ0n) is 19.8. The molecule has 2 heterocycles. The van der Waals surface area contributed by atoms with E-state index in [9.17, 15) is 0 Å². The largest absolute Gasteiger partial charge is 0.490 e. The molecule has 0 bridgehead atoms. The van der Waals surface area contributed by atoms with Gasteiger partial charge in [0.15, 0.2) is 0 Å². The molecule has 34 heavy (non-hydrogen) atoms. The average molecular weight is 517 g/mol. The first-order chi connectivity index (χ1) is 16.3. The standard InChI is InChI=1S/C29H29BrN2O2/c1-5-16-33-23-13-8-19(9-14-23)25-18-26-24-17-22(30)12-15-27(24)34-28(32(26)31-25)20-6-10-21(11-7-20)29(2,3)4/h5-15,17,26,28H,1,16,18H2,2-4H3/t26-,28+/m0/s1. The molecule has 0 unspecified atom stereocenters. The molecule has 0 spiro atoms. The quantitative estimate of drug-likeness (QED) is 0.328. The summed E-state index contributed by atoms with van der Waals surface area (Å²) in [5, 5.41) is 7.21. The number of nitrogens with zero attached hydrogens (tertiary/aromatic N) is 2. The highest BCUT2D eigenvalue weighted by Gasteiger charge is 2.41. The minimum Gasteiger partial charge on any atom is -0.490 e. The SMILES string of the molecule is C=CCOc1ccc(C2=NN3[C@@H](c4ccc(C(C)(C)C)cc4)Oc4ccc(Br)cc4[C@@H]3C2)cc1. The number of hydrogen-bond acceptors (Lipinski definition) is 4. The van der Waals surface area contributed by atoms with Gasteiger partial charge < -0.3 is 9.47 Å². The first-order valence-electron chi connectivity index (χ1n) is 11.6. The van der Waals surface area contributed by atoms with Gasteiger partial charge in [0, 0.05) is 22.0 Å². The van der Waals surface area contributed by atoms with Crippen LogP contribution in [0.2, 0.25) is 0 Å². The van der Waals surface area contributed by atoms with E-state index in [1.165, 1.54) is 5.56 Å².